The molecule has 0 radical (unpaired) electrons. The normalized spacial score (nSPS) is 13.6. The molecule has 2 aromatic carbocycles. The minimum atomic E-state index is -0.455. The van der Waals surface area contributed by atoms with Crippen LogP contribution in [0.3, 0.4) is 0 Å². The molecule has 5 rings (SSSR count). The Morgan fingerprint density at radius 3 is 2.67 bits per heavy atom. The van der Waals surface area contributed by atoms with Crippen LogP contribution in [0.5, 0.6) is 5.88 Å². The number of ether oxygens (including phenoxy) is 1. The second-order valence-corrected chi connectivity index (χ2v) is 8.01. The van der Waals surface area contributed by atoms with Crippen molar-refractivity contribution in [1.29, 1.82) is 0 Å². The van der Waals surface area contributed by atoms with Gasteiger partial charge in [0, 0.05) is 24.7 Å². The summed E-state index contributed by atoms with van der Waals surface area (Å²) < 4.78 is 21.1. The molecular formula is C26H23FN4O2. The van der Waals surface area contributed by atoms with Gasteiger partial charge in [0.05, 0.1) is 18.1 Å². The number of nitrogens with one attached hydrogen (secondary N) is 1. The maximum absolute atomic E-state index is 13.2. The minimum Gasteiger partial charge on any atom is -0.477 e. The van der Waals surface area contributed by atoms with E-state index in [2.05, 4.69) is 10.3 Å². The fraction of sp³-hybridized carbons (Fsp3) is 0.192. The Bertz CT molecular complexity index is 1290. The summed E-state index contributed by atoms with van der Waals surface area (Å²) in [6.45, 7) is 3.21. The van der Waals surface area contributed by atoms with Crippen LogP contribution in [-0.2, 0) is 11.3 Å². The molecule has 0 aliphatic carbocycles. The zero-order valence-corrected chi connectivity index (χ0v) is 18.2. The first-order valence-electron chi connectivity index (χ1n) is 10.9. The van der Waals surface area contributed by atoms with Gasteiger partial charge in [-0.3, -0.25) is 4.79 Å². The van der Waals surface area contributed by atoms with Crippen molar-refractivity contribution in [3.8, 4) is 28.3 Å². The molecule has 0 saturated heterocycles. The SMILES string of the molecule is CC(C(=O)Nc1cc(-c2c(-c3ccccc3)nn3c2OCCC3)ccn1)c1ccc(F)cc1. The number of nitrogens with zero attached hydrogens (tertiary/aromatic N) is 3. The van der Waals surface area contributed by atoms with E-state index in [1.165, 1.54) is 12.1 Å². The summed E-state index contributed by atoms with van der Waals surface area (Å²) in [7, 11) is 0. The van der Waals surface area contributed by atoms with Gasteiger partial charge >= 0.3 is 0 Å². The maximum Gasteiger partial charge on any atom is 0.232 e. The molecule has 33 heavy (non-hydrogen) atoms. The van der Waals surface area contributed by atoms with Crippen LogP contribution in [0.25, 0.3) is 22.4 Å². The molecule has 0 saturated carbocycles. The number of rotatable bonds is 5. The number of aromatic nitrogens is 3. The number of hydrogen-bond acceptors (Lipinski definition) is 4. The van der Waals surface area contributed by atoms with Gasteiger partial charge in [0.15, 0.2) is 0 Å². The highest BCUT2D eigenvalue weighted by atomic mass is 19.1. The lowest BCUT2D eigenvalue weighted by Crippen LogP contribution is -2.19. The van der Waals surface area contributed by atoms with E-state index >= 15 is 0 Å². The molecule has 3 heterocycles. The molecule has 1 N–H and O–H groups in total. The van der Waals surface area contributed by atoms with Crippen molar-refractivity contribution in [3.63, 3.8) is 0 Å². The van der Waals surface area contributed by atoms with E-state index in [4.69, 9.17) is 9.84 Å². The highest BCUT2D eigenvalue weighted by Crippen LogP contribution is 2.41. The van der Waals surface area contributed by atoms with Gasteiger partial charge in [-0.1, -0.05) is 42.5 Å². The summed E-state index contributed by atoms with van der Waals surface area (Å²) in [5.74, 6) is 0.150. The monoisotopic (exact) mass is 442 g/mol. The minimum absolute atomic E-state index is 0.220. The maximum atomic E-state index is 13.2. The van der Waals surface area contributed by atoms with Crippen molar-refractivity contribution in [2.45, 2.75) is 25.8 Å². The van der Waals surface area contributed by atoms with E-state index in [-0.39, 0.29) is 11.7 Å². The summed E-state index contributed by atoms with van der Waals surface area (Å²) in [5.41, 5.74) is 4.29. The van der Waals surface area contributed by atoms with Gasteiger partial charge in [-0.2, -0.15) is 5.10 Å². The number of pyridine rings is 1. The van der Waals surface area contributed by atoms with E-state index in [0.29, 0.717) is 12.4 Å². The van der Waals surface area contributed by atoms with Crippen LogP contribution < -0.4 is 10.1 Å². The Morgan fingerprint density at radius 2 is 1.88 bits per heavy atom. The molecule has 2 aromatic heterocycles. The van der Waals surface area contributed by atoms with Gasteiger partial charge in [-0.05, 0) is 42.3 Å². The van der Waals surface area contributed by atoms with Gasteiger partial charge in [0.1, 0.15) is 17.3 Å². The second kappa shape index (κ2) is 8.86. The molecule has 1 aliphatic heterocycles. The van der Waals surface area contributed by atoms with Crippen molar-refractivity contribution < 1.29 is 13.9 Å². The average molecular weight is 442 g/mol. The molecule has 0 bridgehead atoms. The molecular weight excluding hydrogens is 419 g/mol. The lowest BCUT2D eigenvalue weighted by molar-refractivity contribution is -0.117. The lowest BCUT2D eigenvalue weighted by Gasteiger charge is -2.16. The largest absolute Gasteiger partial charge is 0.477 e. The Morgan fingerprint density at radius 1 is 1.09 bits per heavy atom. The number of halogens is 1. The predicted molar refractivity (Wildman–Crippen MR) is 124 cm³/mol. The van der Waals surface area contributed by atoms with Crippen molar-refractivity contribution in [2.75, 3.05) is 11.9 Å². The predicted octanol–water partition coefficient (Wildman–Crippen LogP) is 5.28. The molecule has 0 fully saturated rings. The summed E-state index contributed by atoms with van der Waals surface area (Å²) in [6, 6.07) is 19.6. The smallest absolute Gasteiger partial charge is 0.232 e. The van der Waals surface area contributed by atoms with Crippen LogP contribution in [0.15, 0.2) is 72.9 Å². The highest BCUT2D eigenvalue weighted by Gasteiger charge is 2.25. The first kappa shape index (κ1) is 20.9. The number of hydrogen-bond donors (Lipinski definition) is 1. The first-order valence-corrected chi connectivity index (χ1v) is 10.9. The Balaban J connectivity index is 1.48. The molecule has 166 valence electrons. The number of anilines is 1. The fourth-order valence-electron chi connectivity index (χ4n) is 3.98. The highest BCUT2D eigenvalue weighted by molar-refractivity contribution is 5.95. The van der Waals surface area contributed by atoms with Crippen LogP contribution >= 0.6 is 0 Å². The zero-order valence-electron chi connectivity index (χ0n) is 18.2. The standard InChI is InChI=1S/C26H23FN4O2/c1-17(18-8-10-21(27)11-9-18)25(32)29-22-16-20(12-13-28-22)23-24(19-6-3-2-4-7-19)30-31-14-5-15-33-26(23)31/h2-4,6-13,16-17H,5,14-15H2,1H3,(H,28,29,32). The lowest BCUT2D eigenvalue weighted by atomic mass is 10.00. The number of amides is 1. The van der Waals surface area contributed by atoms with Gasteiger partial charge in [0.2, 0.25) is 11.8 Å². The topological polar surface area (TPSA) is 69.0 Å². The second-order valence-electron chi connectivity index (χ2n) is 8.01. The van der Waals surface area contributed by atoms with E-state index < -0.39 is 5.92 Å². The average Bonchev–Trinajstić information content (AvgIpc) is 3.24. The number of carbonyl (C=O) groups excluding carboxylic acids is 1. The summed E-state index contributed by atoms with van der Waals surface area (Å²) in [5, 5.41) is 7.70. The van der Waals surface area contributed by atoms with Crippen LogP contribution in [0, 0.1) is 5.82 Å². The molecule has 1 aliphatic rings. The van der Waals surface area contributed by atoms with Crippen LogP contribution in [0.4, 0.5) is 10.2 Å². The van der Waals surface area contributed by atoms with Crippen LogP contribution in [-0.4, -0.2) is 27.3 Å². The Kier molecular flexibility index (Phi) is 5.60. The number of aryl methyl sites for hydroxylation is 1. The third kappa shape index (κ3) is 4.22. The third-order valence-electron chi connectivity index (χ3n) is 5.77. The summed E-state index contributed by atoms with van der Waals surface area (Å²) in [6.07, 6.45) is 2.57. The van der Waals surface area contributed by atoms with E-state index in [9.17, 15) is 9.18 Å². The third-order valence-corrected chi connectivity index (χ3v) is 5.77. The summed E-state index contributed by atoms with van der Waals surface area (Å²) >= 11 is 0. The first-order chi connectivity index (χ1) is 16.1. The van der Waals surface area contributed by atoms with Gasteiger partial charge in [0.25, 0.3) is 0 Å². The van der Waals surface area contributed by atoms with Crippen LogP contribution in [0.1, 0.15) is 24.8 Å². The van der Waals surface area contributed by atoms with Crippen LogP contribution in [0.2, 0.25) is 0 Å². The number of benzene rings is 2. The fourth-order valence-corrected chi connectivity index (χ4v) is 3.98. The van der Waals surface area contributed by atoms with Gasteiger partial charge in [-0.15, -0.1) is 0 Å². The van der Waals surface area contributed by atoms with E-state index in [0.717, 1.165) is 46.8 Å². The molecule has 4 aromatic rings. The molecule has 7 heteroatoms. The van der Waals surface area contributed by atoms with Gasteiger partial charge < -0.3 is 10.1 Å². The number of fused-ring (bicyclic) bond motifs is 1. The Hall–Kier alpha value is -4.00. The summed E-state index contributed by atoms with van der Waals surface area (Å²) in [4.78, 5) is 17.2. The zero-order chi connectivity index (χ0) is 22.8. The van der Waals surface area contributed by atoms with Crippen molar-refractivity contribution in [3.05, 3.63) is 84.3 Å². The van der Waals surface area contributed by atoms with Gasteiger partial charge in [-0.25, -0.2) is 14.1 Å². The van der Waals surface area contributed by atoms with E-state index in [1.54, 1.807) is 25.3 Å². The van der Waals surface area contributed by atoms with Crippen molar-refractivity contribution in [2.24, 2.45) is 0 Å². The molecule has 1 atom stereocenters. The van der Waals surface area contributed by atoms with Crippen molar-refractivity contribution in [1.82, 2.24) is 14.8 Å². The number of carbonyl (C=O) groups is 1. The van der Waals surface area contributed by atoms with E-state index in [1.807, 2.05) is 47.1 Å². The van der Waals surface area contributed by atoms with Crippen molar-refractivity contribution >= 4 is 11.7 Å². The molecule has 0 spiro atoms. The molecule has 1 amide bonds. The Labute approximate surface area is 191 Å². The molecule has 1 unspecified atom stereocenters. The molecule has 6 nitrogen and oxygen atoms in total. The quantitative estimate of drug-likeness (QED) is 0.457.